The molecule has 0 unspecified atom stereocenters. The Morgan fingerprint density at radius 1 is 1.25 bits per heavy atom. The van der Waals surface area contributed by atoms with Crippen LogP contribution >= 0.6 is 11.3 Å². The Kier molecular flexibility index (Phi) is 6.33. The molecule has 0 atom stereocenters. The van der Waals surface area contributed by atoms with Gasteiger partial charge in [0.05, 0.1) is 23.4 Å². The molecule has 0 saturated heterocycles. The van der Waals surface area contributed by atoms with Gasteiger partial charge in [-0.3, -0.25) is 4.79 Å². The quantitative estimate of drug-likeness (QED) is 0.444. The van der Waals surface area contributed by atoms with E-state index in [1.807, 2.05) is 16.7 Å². The molecule has 2 aromatic carbocycles. The van der Waals surface area contributed by atoms with Crippen molar-refractivity contribution in [3.05, 3.63) is 57.9 Å². The lowest BCUT2D eigenvalue weighted by atomic mass is 10.1. The van der Waals surface area contributed by atoms with Gasteiger partial charge < -0.3 is 9.30 Å². The van der Waals surface area contributed by atoms with Crippen molar-refractivity contribution in [3.8, 4) is 18.1 Å². The number of carbonyl (C=O) groups excluding carboxylic acids is 1. The fraction of sp³-hybridized carbons (Fsp3) is 0.304. The summed E-state index contributed by atoms with van der Waals surface area (Å²) in [5, 5.41) is 0. The zero-order chi connectivity index (χ0) is 20.1. The zero-order valence-electron chi connectivity index (χ0n) is 16.5. The predicted octanol–water partition coefficient (Wildman–Crippen LogP) is 4.87. The van der Waals surface area contributed by atoms with Crippen LogP contribution in [0.5, 0.6) is 5.75 Å². The van der Waals surface area contributed by atoms with Crippen molar-refractivity contribution < 1.29 is 9.53 Å². The number of aryl methyl sites for hydroxylation is 2. The number of carbonyl (C=O) groups is 1. The molecule has 0 aliphatic rings. The summed E-state index contributed by atoms with van der Waals surface area (Å²) in [6.07, 6.45) is 7.60. The average Bonchev–Trinajstić information content (AvgIpc) is 2.99. The second kappa shape index (κ2) is 8.90. The number of amides is 1. The molecule has 144 valence electrons. The van der Waals surface area contributed by atoms with Gasteiger partial charge in [-0.2, -0.15) is 4.99 Å². The smallest absolute Gasteiger partial charge is 0.279 e. The van der Waals surface area contributed by atoms with E-state index in [1.165, 1.54) is 22.5 Å². The van der Waals surface area contributed by atoms with Gasteiger partial charge in [-0.05, 0) is 61.7 Å². The van der Waals surface area contributed by atoms with E-state index < -0.39 is 0 Å². The van der Waals surface area contributed by atoms with E-state index in [4.69, 9.17) is 11.2 Å². The second-order valence-electron chi connectivity index (χ2n) is 6.73. The Morgan fingerprint density at radius 3 is 2.79 bits per heavy atom. The van der Waals surface area contributed by atoms with Crippen molar-refractivity contribution in [3.63, 3.8) is 0 Å². The van der Waals surface area contributed by atoms with Gasteiger partial charge in [0, 0.05) is 5.56 Å². The number of benzene rings is 2. The number of hydrogen-bond acceptors (Lipinski definition) is 3. The minimum atomic E-state index is -0.299. The van der Waals surface area contributed by atoms with Crippen molar-refractivity contribution in [1.29, 1.82) is 0 Å². The van der Waals surface area contributed by atoms with Gasteiger partial charge in [0.25, 0.3) is 5.91 Å². The molecule has 0 N–H and O–H groups in total. The van der Waals surface area contributed by atoms with E-state index in [0.717, 1.165) is 23.1 Å². The van der Waals surface area contributed by atoms with Crippen molar-refractivity contribution >= 4 is 27.5 Å². The highest BCUT2D eigenvalue weighted by atomic mass is 32.1. The van der Waals surface area contributed by atoms with Gasteiger partial charge in [-0.1, -0.05) is 36.7 Å². The number of nitrogens with zero attached hydrogens (tertiary/aromatic N) is 2. The molecule has 0 radical (unpaired) electrons. The first-order chi connectivity index (χ1) is 13.5. The number of terminal acetylenes is 1. The van der Waals surface area contributed by atoms with Crippen LogP contribution in [0.3, 0.4) is 0 Å². The highest BCUT2D eigenvalue weighted by Gasteiger charge is 2.11. The third-order valence-electron chi connectivity index (χ3n) is 4.59. The van der Waals surface area contributed by atoms with Gasteiger partial charge in [0.2, 0.25) is 0 Å². The van der Waals surface area contributed by atoms with Gasteiger partial charge in [0.15, 0.2) is 4.80 Å². The van der Waals surface area contributed by atoms with Crippen LogP contribution in [0.2, 0.25) is 0 Å². The molecular weight excluding hydrogens is 368 g/mol. The van der Waals surface area contributed by atoms with Crippen LogP contribution in [0.4, 0.5) is 0 Å². The van der Waals surface area contributed by atoms with Crippen LogP contribution in [-0.4, -0.2) is 17.1 Å². The highest BCUT2D eigenvalue weighted by Crippen LogP contribution is 2.22. The normalized spacial score (nSPS) is 11.6. The molecule has 4 nitrogen and oxygen atoms in total. The number of aromatic nitrogens is 1. The molecule has 0 aliphatic carbocycles. The maximum atomic E-state index is 12.8. The van der Waals surface area contributed by atoms with E-state index >= 15 is 0 Å². The minimum absolute atomic E-state index is 0.299. The first kappa shape index (κ1) is 19.9. The fourth-order valence-corrected chi connectivity index (χ4v) is 3.96. The fourth-order valence-electron chi connectivity index (χ4n) is 2.86. The summed E-state index contributed by atoms with van der Waals surface area (Å²) >= 11 is 1.48. The van der Waals surface area contributed by atoms with Crippen LogP contribution in [0.1, 0.15) is 41.3 Å². The number of fused-ring (bicyclic) bond motifs is 1. The molecule has 28 heavy (non-hydrogen) atoms. The lowest BCUT2D eigenvalue weighted by Gasteiger charge is -2.06. The Bertz CT molecular complexity index is 1120. The molecule has 0 aliphatic heterocycles. The highest BCUT2D eigenvalue weighted by molar-refractivity contribution is 7.16. The third-order valence-corrected chi connectivity index (χ3v) is 5.63. The van der Waals surface area contributed by atoms with E-state index in [1.54, 1.807) is 12.1 Å². The summed E-state index contributed by atoms with van der Waals surface area (Å²) in [5.41, 5.74) is 3.91. The summed E-state index contributed by atoms with van der Waals surface area (Å²) in [4.78, 5) is 17.8. The maximum absolute atomic E-state index is 12.8. The number of thiazole rings is 1. The van der Waals surface area contributed by atoms with Crippen molar-refractivity contribution in [1.82, 2.24) is 4.57 Å². The Balaban J connectivity index is 2.00. The summed E-state index contributed by atoms with van der Waals surface area (Å²) in [6.45, 7) is 7.27. The summed E-state index contributed by atoms with van der Waals surface area (Å²) in [5.74, 6) is 3.06. The topological polar surface area (TPSA) is 43.6 Å². The van der Waals surface area contributed by atoms with E-state index in [0.29, 0.717) is 29.3 Å². The molecule has 3 rings (SSSR count). The van der Waals surface area contributed by atoms with E-state index in [-0.39, 0.29) is 5.91 Å². The molecule has 0 bridgehead atoms. The van der Waals surface area contributed by atoms with Crippen molar-refractivity contribution in [2.75, 3.05) is 6.61 Å². The zero-order valence-corrected chi connectivity index (χ0v) is 17.3. The van der Waals surface area contributed by atoms with Crippen molar-refractivity contribution in [2.24, 2.45) is 4.99 Å². The lowest BCUT2D eigenvalue weighted by molar-refractivity contribution is 0.0997. The Hall–Kier alpha value is -2.84. The lowest BCUT2D eigenvalue weighted by Crippen LogP contribution is -2.16. The predicted molar refractivity (Wildman–Crippen MR) is 115 cm³/mol. The first-order valence-electron chi connectivity index (χ1n) is 9.39. The summed E-state index contributed by atoms with van der Waals surface area (Å²) in [6, 6.07) is 11.4. The Labute approximate surface area is 169 Å². The Morgan fingerprint density at radius 2 is 2.04 bits per heavy atom. The molecule has 1 heterocycles. The van der Waals surface area contributed by atoms with Gasteiger partial charge in [0.1, 0.15) is 5.75 Å². The number of unbranched alkanes of at least 4 members (excludes halogenated alkanes) is 1. The number of rotatable bonds is 6. The van der Waals surface area contributed by atoms with Crippen LogP contribution in [0.15, 0.2) is 41.4 Å². The number of hydrogen-bond donors (Lipinski definition) is 0. The van der Waals surface area contributed by atoms with Crippen LogP contribution < -0.4 is 9.54 Å². The molecule has 1 aromatic heterocycles. The van der Waals surface area contributed by atoms with Gasteiger partial charge in [-0.15, -0.1) is 6.42 Å². The SMILES string of the molecule is C#CCn1c(=NC(=O)c2cccc(OCCCC)c2)sc2cc(C)c(C)cc21. The van der Waals surface area contributed by atoms with Crippen LogP contribution in [-0.2, 0) is 6.54 Å². The first-order valence-corrected chi connectivity index (χ1v) is 10.2. The monoisotopic (exact) mass is 392 g/mol. The molecule has 0 saturated carbocycles. The van der Waals surface area contributed by atoms with Crippen LogP contribution in [0, 0.1) is 26.2 Å². The molecule has 1 amide bonds. The maximum Gasteiger partial charge on any atom is 0.279 e. The molecule has 3 aromatic rings. The summed E-state index contributed by atoms with van der Waals surface area (Å²) in [7, 11) is 0. The van der Waals surface area contributed by atoms with E-state index in [9.17, 15) is 4.79 Å². The third kappa shape index (κ3) is 4.35. The standard InChI is InChI=1S/C23H24N2O2S/c1-5-7-12-27-19-10-8-9-18(15-19)22(26)24-23-25(11-6-2)20-13-16(3)17(4)14-21(20)28-23/h2,8-10,13-15H,5,7,11-12H2,1,3-4H3. The van der Waals surface area contributed by atoms with E-state index in [2.05, 4.69) is 43.8 Å². The minimum Gasteiger partial charge on any atom is -0.494 e. The van der Waals surface area contributed by atoms with Crippen molar-refractivity contribution in [2.45, 2.75) is 40.2 Å². The molecule has 0 spiro atoms. The summed E-state index contributed by atoms with van der Waals surface area (Å²) < 4.78 is 8.69. The van der Waals surface area contributed by atoms with Gasteiger partial charge in [-0.25, -0.2) is 0 Å². The second-order valence-corrected chi connectivity index (χ2v) is 7.73. The number of ether oxygens (including phenoxy) is 1. The molecular formula is C23H24N2O2S. The molecule has 5 heteroatoms. The van der Waals surface area contributed by atoms with Crippen LogP contribution in [0.25, 0.3) is 10.2 Å². The average molecular weight is 393 g/mol. The molecule has 0 fully saturated rings. The van der Waals surface area contributed by atoms with Gasteiger partial charge >= 0.3 is 0 Å². The largest absolute Gasteiger partial charge is 0.494 e.